The molecule has 0 aliphatic rings. The van der Waals surface area contributed by atoms with Crippen molar-refractivity contribution in [3.05, 3.63) is 35.3 Å². The van der Waals surface area contributed by atoms with Crippen LogP contribution in [-0.4, -0.2) is 41.7 Å². The minimum atomic E-state index is -4.27. The molecule has 1 aromatic heterocycles. The van der Waals surface area contributed by atoms with Crippen molar-refractivity contribution in [1.29, 1.82) is 0 Å². The molecule has 2 rings (SSSR count). The molecule has 0 N–H and O–H groups in total. The van der Waals surface area contributed by atoms with E-state index in [-0.39, 0.29) is 25.4 Å². The normalized spacial score (nSPS) is 11.4. The van der Waals surface area contributed by atoms with Crippen LogP contribution in [0.2, 0.25) is 0 Å². The third-order valence-electron chi connectivity index (χ3n) is 3.70. The van der Waals surface area contributed by atoms with Crippen LogP contribution in [-0.2, 0) is 11.2 Å². The van der Waals surface area contributed by atoms with Crippen LogP contribution in [0.5, 0.6) is 5.75 Å². The lowest BCUT2D eigenvalue weighted by Gasteiger charge is -2.21. The molecule has 0 aliphatic heterocycles. The maximum atomic E-state index is 12.4. The highest BCUT2D eigenvalue weighted by molar-refractivity contribution is 7.13. The number of carbonyl (C=O) groups excluding carboxylic acids is 1. The van der Waals surface area contributed by atoms with Gasteiger partial charge in [0.1, 0.15) is 10.8 Å². The number of halogens is 3. The van der Waals surface area contributed by atoms with Crippen LogP contribution in [0.4, 0.5) is 13.2 Å². The number of hydrogen-bond acceptors (Lipinski definition) is 4. The van der Waals surface area contributed by atoms with E-state index in [0.717, 1.165) is 10.6 Å². The summed E-state index contributed by atoms with van der Waals surface area (Å²) in [7, 11) is 0. The van der Waals surface area contributed by atoms with E-state index in [2.05, 4.69) is 4.98 Å². The zero-order valence-electron chi connectivity index (χ0n) is 14.7. The molecule has 1 aromatic carbocycles. The number of nitrogens with zero attached hydrogens (tertiary/aromatic N) is 2. The van der Waals surface area contributed by atoms with Gasteiger partial charge in [-0.1, -0.05) is 12.1 Å². The average Bonchev–Trinajstić information content (AvgIpc) is 3.03. The van der Waals surface area contributed by atoms with Crippen molar-refractivity contribution in [2.24, 2.45) is 0 Å². The minimum absolute atomic E-state index is 0.0149. The smallest absolute Gasteiger partial charge is 0.390 e. The number of para-hydroxylation sites is 1. The molecule has 0 fully saturated rings. The molecule has 0 saturated carbocycles. The monoisotopic (exact) mass is 386 g/mol. The van der Waals surface area contributed by atoms with Gasteiger partial charge in [-0.25, -0.2) is 4.98 Å². The predicted molar refractivity (Wildman–Crippen MR) is 95.3 cm³/mol. The number of carbonyl (C=O) groups is 1. The highest BCUT2D eigenvalue weighted by Crippen LogP contribution is 2.32. The average molecular weight is 386 g/mol. The molecule has 8 heteroatoms. The van der Waals surface area contributed by atoms with Crippen molar-refractivity contribution in [3.63, 3.8) is 0 Å². The summed E-state index contributed by atoms with van der Waals surface area (Å²) in [5.41, 5.74) is 1.38. The van der Waals surface area contributed by atoms with Crippen LogP contribution < -0.4 is 4.74 Å². The fourth-order valence-electron chi connectivity index (χ4n) is 2.42. The first-order valence-corrected chi connectivity index (χ1v) is 9.23. The summed E-state index contributed by atoms with van der Waals surface area (Å²) in [4.78, 5) is 17.9. The van der Waals surface area contributed by atoms with Gasteiger partial charge in [-0.05, 0) is 26.0 Å². The van der Waals surface area contributed by atoms with Gasteiger partial charge in [0, 0.05) is 18.5 Å². The standard InChI is InChI=1S/C18H21F3N2O2S/c1-3-23(10-9-18(19,20)21)16(24)11-13-12-26-17(22-13)14-7-5-6-8-15(14)25-4-2/h5-8,12H,3-4,9-11H2,1-2H3. The van der Waals surface area contributed by atoms with Crippen LogP contribution in [0.3, 0.4) is 0 Å². The van der Waals surface area contributed by atoms with E-state index in [0.29, 0.717) is 18.1 Å². The van der Waals surface area contributed by atoms with Crippen molar-refractivity contribution >= 4 is 17.2 Å². The summed E-state index contributed by atoms with van der Waals surface area (Å²) >= 11 is 1.38. The molecule has 142 valence electrons. The summed E-state index contributed by atoms with van der Waals surface area (Å²) in [6.07, 6.45) is -5.29. The van der Waals surface area contributed by atoms with Gasteiger partial charge in [-0.2, -0.15) is 13.2 Å². The van der Waals surface area contributed by atoms with E-state index < -0.39 is 12.6 Å². The second-order valence-corrected chi connectivity index (χ2v) is 6.45. The van der Waals surface area contributed by atoms with Crippen LogP contribution in [0.15, 0.2) is 29.6 Å². The first-order chi connectivity index (χ1) is 12.3. The molecule has 1 amide bonds. The Morgan fingerprint density at radius 2 is 2.00 bits per heavy atom. The number of amides is 1. The SMILES string of the molecule is CCOc1ccccc1-c1nc(CC(=O)N(CC)CCC(F)(F)F)cs1. The van der Waals surface area contributed by atoms with Crippen molar-refractivity contribution in [2.45, 2.75) is 32.9 Å². The second kappa shape index (κ2) is 9.02. The lowest BCUT2D eigenvalue weighted by atomic mass is 10.2. The van der Waals surface area contributed by atoms with Crippen molar-refractivity contribution in [2.75, 3.05) is 19.7 Å². The van der Waals surface area contributed by atoms with Gasteiger partial charge in [0.2, 0.25) is 5.91 Å². The minimum Gasteiger partial charge on any atom is -0.493 e. The third-order valence-corrected chi connectivity index (χ3v) is 4.63. The lowest BCUT2D eigenvalue weighted by Crippen LogP contribution is -2.35. The summed E-state index contributed by atoms with van der Waals surface area (Å²) in [5, 5.41) is 2.48. The molecule has 0 atom stereocenters. The van der Waals surface area contributed by atoms with Gasteiger partial charge in [0.15, 0.2) is 0 Å². The Bertz CT molecular complexity index is 731. The summed E-state index contributed by atoms with van der Waals surface area (Å²) in [6, 6.07) is 7.48. The van der Waals surface area contributed by atoms with Gasteiger partial charge in [-0.15, -0.1) is 11.3 Å². The van der Waals surface area contributed by atoms with Gasteiger partial charge in [0.25, 0.3) is 0 Å². The van der Waals surface area contributed by atoms with Crippen LogP contribution in [0, 0.1) is 0 Å². The number of likely N-dealkylation sites (N-methyl/N-ethyl adjacent to an activating group) is 1. The maximum Gasteiger partial charge on any atom is 0.390 e. The van der Waals surface area contributed by atoms with Gasteiger partial charge < -0.3 is 9.64 Å². The molecular formula is C18H21F3N2O2S. The Hall–Kier alpha value is -2.09. The second-order valence-electron chi connectivity index (χ2n) is 5.59. The molecule has 26 heavy (non-hydrogen) atoms. The van der Waals surface area contributed by atoms with E-state index >= 15 is 0 Å². The topological polar surface area (TPSA) is 42.4 Å². The van der Waals surface area contributed by atoms with E-state index in [4.69, 9.17) is 4.74 Å². The van der Waals surface area contributed by atoms with E-state index in [9.17, 15) is 18.0 Å². The highest BCUT2D eigenvalue weighted by Gasteiger charge is 2.28. The Morgan fingerprint density at radius 3 is 2.65 bits per heavy atom. The van der Waals surface area contributed by atoms with Crippen molar-refractivity contribution in [1.82, 2.24) is 9.88 Å². The Morgan fingerprint density at radius 1 is 1.27 bits per heavy atom. The molecule has 2 aromatic rings. The first-order valence-electron chi connectivity index (χ1n) is 8.35. The Balaban J connectivity index is 2.07. The fourth-order valence-corrected chi connectivity index (χ4v) is 3.27. The number of hydrogen-bond donors (Lipinski definition) is 0. The number of ether oxygens (including phenoxy) is 1. The molecule has 4 nitrogen and oxygen atoms in total. The molecule has 0 saturated heterocycles. The van der Waals surface area contributed by atoms with E-state index in [1.807, 2.05) is 31.2 Å². The van der Waals surface area contributed by atoms with Gasteiger partial charge in [-0.3, -0.25) is 4.79 Å². The number of alkyl halides is 3. The first kappa shape index (κ1) is 20.2. The number of benzene rings is 1. The molecule has 0 bridgehead atoms. The zero-order chi connectivity index (χ0) is 19.2. The molecule has 0 spiro atoms. The zero-order valence-corrected chi connectivity index (χ0v) is 15.5. The lowest BCUT2D eigenvalue weighted by molar-refractivity contribution is -0.144. The van der Waals surface area contributed by atoms with Crippen LogP contribution in [0.1, 0.15) is 26.0 Å². The quantitative estimate of drug-likeness (QED) is 0.668. The number of rotatable bonds is 8. The largest absolute Gasteiger partial charge is 0.493 e. The van der Waals surface area contributed by atoms with E-state index in [1.165, 1.54) is 16.2 Å². The Kier molecular flexibility index (Phi) is 7.02. The van der Waals surface area contributed by atoms with E-state index in [1.54, 1.807) is 12.3 Å². The predicted octanol–water partition coefficient (Wildman–Crippen LogP) is 4.55. The van der Waals surface area contributed by atoms with Gasteiger partial charge >= 0.3 is 6.18 Å². The van der Waals surface area contributed by atoms with Gasteiger partial charge in [0.05, 0.1) is 30.7 Å². The van der Waals surface area contributed by atoms with Crippen molar-refractivity contribution < 1.29 is 22.7 Å². The number of thiazole rings is 1. The highest BCUT2D eigenvalue weighted by atomic mass is 32.1. The molecule has 0 aliphatic carbocycles. The summed E-state index contributed by atoms with van der Waals surface area (Å²) in [5.74, 6) is 0.356. The van der Waals surface area contributed by atoms with Crippen LogP contribution >= 0.6 is 11.3 Å². The maximum absolute atomic E-state index is 12.4. The summed E-state index contributed by atoms with van der Waals surface area (Å²) in [6.45, 7) is 3.99. The molecule has 0 radical (unpaired) electrons. The molecule has 0 unspecified atom stereocenters. The summed E-state index contributed by atoms with van der Waals surface area (Å²) < 4.78 is 42.7. The molecular weight excluding hydrogens is 365 g/mol. The Labute approximate surface area is 154 Å². The third kappa shape index (κ3) is 5.72. The van der Waals surface area contributed by atoms with Crippen molar-refractivity contribution in [3.8, 4) is 16.3 Å². The molecule has 1 heterocycles. The number of aromatic nitrogens is 1. The fraction of sp³-hybridized carbons (Fsp3) is 0.444. The van der Waals surface area contributed by atoms with Crippen LogP contribution in [0.25, 0.3) is 10.6 Å².